The van der Waals surface area contributed by atoms with E-state index in [4.69, 9.17) is 0 Å². The molecule has 1 unspecified atom stereocenters. The summed E-state index contributed by atoms with van der Waals surface area (Å²) in [5.74, 6) is 1.05. The number of benzene rings is 3. The van der Waals surface area contributed by atoms with E-state index in [2.05, 4.69) is 82.6 Å². The van der Waals surface area contributed by atoms with Crippen LogP contribution in [0.25, 0.3) is 27.6 Å². The normalized spacial score (nSPS) is 12.7. The maximum Gasteiger partial charge on any atom is 0.145 e. The molecule has 0 saturated heterocycles. The Hall–Kier alpha value is -3.40. The molecule has 126 valence electrons. The highest BCUT2D eigenvalue weighted by molar-refractivity contribution is 5.91. The molecule has 0 saturated carbocycles. The third kappa shape index (κ3) is 2.23. The first-order valence-electron chi connectivity index (χ1n) is 8.78. The quantitative estimate of drug-likeness (QED) is 0.465. The van der Waals surface area contributed by atoms with Crippen LogP contribution in [0, 0.1) is 0 Å². The predicted molar refractivity (Wildman–Crippen MR) is 105 cm³/mol. The zero-order valence-corrected chi connectivity index (χ0v) is 14.4. The molecule has 3 aromatic carbocycles. The summed E-state index contributed by atoms with van der Waals surface area (Å²) in [6.07, 6.45) is 2.21. The lowest BCUT2D eigenvalue weighted by atomic mass is 10.1. The van der Waals surface area contributed by atoms with Crippen molar-refractivity contribution < 1.29 is 0 Å². The predicted octanol–water partition coefficient (Wildman–Crippen LogP) is 4.98. The largest absolute Gasteiger partial charge is 0.325 e. The van der Waals surface area contributed by atoms with E-state index in [9.17, 15) is 0 Å². The zero-order chi connectivity index (χ0) is 17.5. The van der Waals surface area contributed by atoms with Crippen molar-refractivity contribution in [2.75, 3.05) is 0 Å². The van der Waals surface area contributed by atoms with Gasteiger partial charge in [0.1, 0.15) is 11.3 Å². The molecule has 0 radical (unpaired) electrons. The van der Waals surface area contributed by atoms with Crippen LogP contribution in [-0.4, -0.2) is 19.6 Å². The molecule has 4 nitrogen and oxygen atoms in total. The second-order valence-electron chi connectivity index (χ2n) is 6.52. The Labute approximate surface area is 151 Å². The molecule has 0 bridgehead atoms. The van der Waals surface area contributed by atoms with Crippen LogP contribution in [0.15, 0.2) is 85.1 Å². The summed E-state index contributed by atoms with van der Waals surface area (Å²) in [5, 5.41) is 11.2. The third-order valence-electron chi connectivity index (χ3n) is 4.98. The zero-order valence-electron chi connectivity index (χ0n) is 14.4. The van der Waals surface area contributed by atoms with Gasteiger partial charge in [0.2, 0.25) is 0 Å². The molecule has 0 aliphatic rings. The van der Waals surface area contributed by atoms with Gasteiger partial charge in [-0.1, -0.05) is 71.9 Å². The topological polar surface area (TPSA) is 35.6 Å². The van der Waals surface area contributed by atoms with Crippen molar-refractivity contribution >= 4 is 21.8 Å². The highest BCUT2D eigenvalue weighted by atomic mass is 15.5. The van der Waals surface area contributed by atoms with E-state index in [1.54, 1.807) is 0 Å². The minimum absolute atomic E-state index is 0.182. The van der Waals surface area contributed by atoms with Gasteiger partial charge in [0.25, 0.3) is 0 Å². The minimum atomic E-state index is 0.182. The van der Waals surface area contributed by atoms with Gasteiger partial charge in [0.05, 0.1) is 11.6 Å². The summed E-state index contributed by atoms with van der Waals surface area (Å²) in [7, 11) is 0. The molecule has 2 aromatic heterocycles. The summed E-state index contributed by atoms with van der Waals surface area (Å²) in [6, 6.07) is 27.2. The summed E-state index contributed by atoms with van der Waals surface area (Å²) in [6.45, 7) is 2.22. The van der Waals surface area contributed by atoms with E-state index >= 15 is 0 Å². The van der Waals surface area contributed by atoms with Gasteiger partial charge < -0.3 is 4.57 Å². The maximum absolute atomic E-state index is 4.47. The summed E-state index contributed by atoms with van der Waals surface area (Å²) >= 11 is 0. The molecule has 0 spiro atoms. The van der Waals surface area contributed by atoms with Crippen LogP contribution < -0.4 is 0 Å². The average Bonchev–Trinajstić information content (AvgIpc) is 3.29. The molecule has 26 heavy (non-hydrogen) atoms. The summed E-state index contributed by atoms with van der Waals surface area (Å²) in [4.78, 5) is 0. The first-order valence-corrected chi connectivity index (χ1v) is 8.78. The van der Waals surface area contributed by atoms with Crippen LogP contribution in [0.2, 0.25) is 0 Å². The van der Waals surface area contributed by atoms with Crippen molar-refractivity contribution in [3.63, 3.8) is 0 Å². The van der Waals surface area contributed by atoms with Crippen LogP contribution >= 0.6 is 0 Å². The van der Waals surface area contributed by atoms with E-state index in [1.807, 2.05) is 28.9 Å². The van der Waals surface area contributed by atoms with Crippen LogP contribution in [0.5, 0.6) is 0 Å². The van der Waals surface area contributed by atoms with E-state index in [0.29, 0.717) is 0 Å². The highest BCUT2D eigenvalue weighted by Gasteiger charge is 2.19. The SMILES string of the molecule is CC(c1ccccc1)n1cc2ccccc2c1-n1nnc2ccccc21. The average molecular weight is 338 g/mol. The fraction of sp³-hybridized carbons (Fsp3) is 0.0909. The van der Waals surface area contributed by atoms with Crippen LogP contribution in [0.1, 0.15) is 18.5 Å². The lowest BCUT2D eigenvalue weighted by Crippen LogP contribution is -2.12. The van der Waals surface area contributed by atoms with Crippen LogP contribution in [0.4, 0.5) is 0 Å². The van der Waals surface area contributed by atoms with E-state index in [1.165, 1.54) is 16.3 Å². The first-order chi connectivity index (χ1) is 12.8. The van der Waals surface area contributed by atoms with Gasteiger partial charge in [-0.3, -0.25) is 0 Å². The second-order valence-corrected chi connectivity index (χ2v) is 6.52. The number of rotatable bonds is 3. The Kier molecular flexibility index (Phi) is 3.35. The molecular weight excluding hydrogens is 320 g/mol. The monoisotopic (exact) mass is 338 g/mol. The number of para-hydroxylation sites is 1. The fourth-order valence-electron chi connectivity index (χ4n) is 3.60. The van der Waals surface area contributed by atoms with Gasteiger partial charge in [-0.05, 0) is 24.6 Å². The molecule has 0 N–H and O–H groups in total. The maximum atomic E-state index is 4.47. The number of hydrogen-bond acceptors (Lipinski definition) is 2. The van der Waals surface area contributed by atoms with Gasteiger partial charge in [-0.15, -0.1) is 5.10 Å². The Bertz CT molecular complexity index is 1200. The van der Waals surface area contributed by atoms with Crippen LogP contribution in [-0.2, 0) is 0 Å². The van der Waals surface area contributed by atoms with Gasteiger partial charge in [-0.2, -0.15) is 4.68 Å². The molecule has 4 heteroatoms. The Morgan fingerprint density at radius 3 is 2.42 bits per heavy atom. The second kappa shape index (κ2) is 5.85. The van der Waals surface area contributed by atoms with Crippen molar-refractivity contribution in [3.05, 3.63) is 90.6 Å². The molecule has 5 rings (SSSR count). The van der Waals surface area contributed by atoms with Gasteiger partial charge in [0.15, 0.2) is 0 Å². The van der Waals surface area contributed by atoms with Crippen molar-refractivity contribution in [2.45, 2.75) is 13.0 Å². The molecule has 0 aliphatic carbocycles. The molecular formula is C22H18N4. The number of hydrogen-bond donors (Lipinski definition) is 0. The van der Waals surface area contributed by atoms with Crippen molar-refractivity contribution in [1.82, 2.24) is 19.6 Å². The summed E-state index contributed by atoms with van der Waals surface area (Å²) < 4.78 is 4.25. The summed E-state index contributed by atoms with van der Waals surface area (Å²) in [5.41, 5.74) is 3.17. The third-order valence-corrected chi connectivity index (χ3v) is 4.98. The molecule has 0 aliphatic heterocycles. The van der Waals surface area contributed by atoms with Crippen molar-refractivity contribution in [1.29, 1.82) is 0 Å². The van der Waals surface area contributed by atoms with Crippen LogP contribution in [0.3, 0.4) is 0 Å². The lowest BCUT2D eigenvalue weighted by molar-refractivity contribution is 0.613. The Morgan fingerprint density at radius 1 is 0.808 bits per heavy atom. The first kappa shape index (κ1) is 14.9. The van der Waals surface area contributed by atoms with Crippen molar-refractivity contribution in [3.8, 4) is 5.82 Å². The molecule has 0 fully saturated rings. The molecule has 1 atom stereocenters. The Balaban J connectivity index is 1.81. The molecule has 2 heterocycles. The molecule has 0 amide bonds. The number of fused-ring (bicyclic) bond motifs is 2. The van der Waals surface area contributed by atoms with E-state index < -0.39 is 0 Å². The Morgan fingerprint density at radius 2 is 1.54 bits per heavy atom. The number of aromatic nitrogens is 4. The lowest BCUT2D eigenvalue weighted by Gasteiger charge is -2.18. The molecule has 5 aromatic rings. The van der Waals surface area contributed by atoms with Gasteiger partial charge in [0, 0.05) is 17.0 Å². The highest BCUT2D eigenvalue weighted by Crippen LogP contribution is 2.31. The van der Waals surface area contributed by atoms with Crippen molar-refractivity contribution in [2.24, 2.45) is 0 Å². The smallest absolute Gasteiger partial charge is 0.145 e. The van der Waals surface area contributed by atoms with Gasteiger partial charge in [-0.25, -0.2) is 0 Å². The van der Waals surface area contributed by atoms with E-state index in [0.717, 1.165) is 16.9 Å². The van der Waals surface area contributed by atoms with E-state index in [-0.39, 0.29) is 6.04 Å². The van der Waals surface area contributed by atoms with Gasteiger partial charge >= 0.3 is 0 Å². The fourth-order valence-corrected chi connectivity index (χ4v) is 3.60. The minimum Gasteiger partial charge on any atom is -0.325 e. The standard InChI is InChI=1S/C22H18N4/c1-16(17-9-3-2-4-10-17)25-15-18-11-5-6-12-19(18)22(25)26-21-14-8-7-13-20(21)23-24-26/h2-16H,1H3. The number of nitrogens with zero attached hydrogens (tertiary/aromatic N) is 4.